The topological polar surface area (TPSA) is 107 Å². The highest BCUT2D eigenvalue weighted by Gasteiger charge is 2.44. The molecule has 140 valence electrons. The maximum Gasteiger partial charge on any atom is 0.248 e. The van der Waals surface area contributed by atoms with Crippen molar-refractivity contribution in [2.75, 3.05) is 33.4 Å². The molecule has 0 bridgehead atoms. The van der Waals surface area contributed by atoms with Gasteiger partial charge in [0.25, 0.3) is 0 Å². The molecule has 0 aromatic carbocycles. The Bertz CT molecular complexity index is 706. The molecule has 3 rings (SSSR count). The number of methoxy groups -OCH3 is 1. The molecule has 2 aromatic rings. The van der Waals surface area contributed by atoms with Crippen molar-refractivity contribution >= 4 is 11.8 Å². The van der Waals surface area contributed by atoms with Crippen LogP contribution in [0.3, 0.4) is 0 Å². The van der Waals surface area contributed by atoms with Crippen molar-refractivity contribution in [3.63, 3.8) is 0 Å². The average molecular weight is 361 g/mol. The Balaban J connectivity index is 1.67. The largest absolute Gasteiger partial charge is 0.383 e. The Labute approximate surface area is 151 Å². The fourth-order valence-corrected chi connectivity index (χ4v) is 3.20. The summed E-state index contributed by atoms with van der Waals surface area (Å²) in [5.41, 5.74) is -0.790. The minimum atomic E-state index is -0.790. The van der Waals surface area contributed by atoms with Crippen LogP contribution < -0.4 is 5.32 Å². The first kappa shape index (κ1) is 18.1. The van der Waals surface area contributed by atoms with Crippen molar-refractivity contribution in [3.8, 4) is 0 Å². The Hall–Kier alpha value is -2.75. The molecule has 0 unspecified atom stereocenters. The Kier molecular flexibility index (Phi) is 5.61. The first-order valence-corrected chi connectivity index (χ1v) is 8.55. The number of amides is 2. The van der Waals surface area contributed by atoms with Crippen molar-refractivity contribution in [3.05, 3.63) is 30.9 Å². The smallest absolute Gasteiger partial charge is 0.248 e. The zero-order valence-corrected chi connectivity index (χ0v) is 14.7. The van der Waals surface area contributed by atoms with E-state index in [1.807, 2.05) is 0 Å². The summed E-state index contributed by atoms with van der Waals surface area (Å²) < 4.78 is 8.20. The SMILES string of the molecule is COCCNC(=O)C1(n2cccn2)CCN(C(=O)Cn2ccnn2)CC1. The van der Waals surface area contributed by atoms with E-state index in [1.54, 1.807) is 41.3 Å². The summed E-state index contributed by atoms with van der Waals surface area (Å²) in [5, 5.41) is 14.7. The third kappa shape index (κ3) is 3.74. The van der Waals surface area contributed by atoms with E-state index < -0.39 is 5.54 Å². The van der Waals surface area contributed by atoms with Crippen molar-refractivity contribution in [2.45, 2.75) is 24.9 Å². The lowest BCUT2D eigenvalue weighted by Gasteiger charge is -2.40. The molecule has 26 heavy (non-hydrogen) atoms. The van der Waals surface area contributed by atoms with Gasteiger partial charge in [-0.1, -0.05) is 5.21 Å². The van der Waals surface area contributed by atoms with Gasteiger partial charge in [-0.2, -0.15) is 5.10 Å². The lowest BCUT2D eigenvalue weighted by molar-refractivity contribution is -0.140. The molecule has 2 aromatic heterocycles. The predicted molar refractivity (Wildman–Crippen MR) is 90.9 cm³/mol. The fraction of sp³-hybridized carbons (Fsp3) is 0.562. The molecule has 0 saturated carbocycles. The van der Waals surface area contributed by atoms with Gasteiger partial charge in [0.2, 0.25) is 11.8 Å². The number of hydrogen-bond donors (Lipinski definition) is 1. The second kappa shape index (κ2) is 8.09. The van der Waals surface area contributed by atoms with E-state index in [0.717, 1.165) is 0 Å². The first-order chi connectivity index (χ1) is 12.7. The van der Waals surface area contributed by atoms with E-state index in [1.165, 1.54) is 10.9 Å². The molecule has 1 N–H and O–H groups in total. The van der Waals surface area contributed by atoms with Crippen molar-refractivity contribution < 1.29 is 14.3 Å². The quantitative estimate of drug-likeness (QED) is 0.651. The number of carbonyl (C=O) groups is 2. The zero-order chi connectivity index (χ0) is 18.4. The number of rotatable bonds is 7. The van der Waals surface area contributed by atoms with Gasteiger partial charge in [0.15, 0.2) is 0 Å². The number of carbonyl (C=O) groups excluding carboxylic acids is 2. The minimum Gasteiger partial charge on any atom is -0.383 e. The van der Waals surface area contributed by atoms with Crippen molar-refractivity contribution in [2.24, 2.45) is 0 Å². The van der Waals surface area contributed by atoms with Gasteiger partial charge in [-0.15, -0.1) is 5.10 Å². The van der Waals surface area contributed by atoms with Crippen LogP contribution in [0.15, 0.2) is 30.9 Å². The van der Waals surface area contributed by atoms with Crippen LogP contribution in [0, 0.1) is 0 Å². The fourth-order valence-electron chi connectivity index (χ4n) is 3.20. The van der Waals surface area contributed by atoms with Crippen molar-refractivity contribution in [1.82, 2.24) is 35.0 Å². The summed E-state index contributed by atoms with van der Waals surface area (Å²) in [7, 11) is 1.59. The van der Waals surface area contributed by atoms with E-state index in [0.29, 0.717) is 39.1 Å². The molecule has 0 radical (unpaired) electrons. The van der Waals surface area contributed by atoms with Crippen LogP contribution in [-0.4, -0.2) is 74.8 Å². The standard InChI is InChI=1S/C16H23N7O3/c1-26-12-7-17-15(25)16(23-8-2-5-19-23)3-9-21(10-4-16)14(24)13-22-11-6-18-20-22/h2,5-6,8,11H,3-4,7,9-10,12-13H2,1H3,(H,17,25). The maximum absolute atomic E-state index is 12.9. The van der Waals surface area contributed by atoms with Gasteiger partial charge in [0, 0.05) is 45.3 Å². The normalized spacial score (nSPS) is 16.4. The average Bonchev–Trinajstić information content (AvgIpc) is 3.36. The summed E-state index contributed by atoms with van der Waals surface area (Å²) in [6.45, 7) is 1.99. The minimum absolute atomic E-state index is 0.0376. The van der Waals surface area contributed by atoms with Crippen LogP contribution in [0.1, 0.15) is 12.8 Å². The summed E-state index contributed by atoms with van der Waals surface area (Å²) in [4.78, 5) is 27.1. The molecule has 1 aliphatic rings. The van der Waals surface area contributed by atoms with Gasteiger partial charge in [-0.05, 0) is 18.9 Å². The van der Waals surface area contributed by atoms with E-state index >= 15 is 0 Å². The third-order valence-corrected chi connectivity index (χ3v) is 4.67. The van der Waals surface area contributed by atoms with Crippen LogP contribution in [0.4, 0.5) is 0 Å². The van der Waals surface area contributed by atoms with Gasteiger partial charge in [0.05, 0.1) is 12.8 Å². The molecule has 1 fully saturated rings. The predicted octanol–water partition coefficient (Wildman–Crippen LogP) is -0.745. The van der Waals surface area contributed by atoms with Crippen LogP contribution in [0.5, 0.6) is 0 Å². The number of aromatic nitrogens is 5. The Morgan fingerprint density at radius 1 is 1.23 bits per heavy atom. The molecular weight excluding hydrogens is 338 g/mol. The lowest BCUT2D eigenvalue weighted by atomic mass is 9.86. The van der Waals surface area contributed by atoms with Gasteiger partial charge in [-0.3, -0.25) is 14.3 Å². The summed E-state index contributed by atoms with van der Waals surface area (Å²) >= 11 is 0. The van der Waals surface area contributed by atoms with Crippen LogP contribution in [0.2, 0.25) is 0 Å². The number of likely N-dealkylation sites (tertiary alicyclic amines) is 1. The first-order valence-electron chi connectivity index (χ1n) is 8.55. The summed E-state index contributed by atoms with van der Waals surface area (Å²) in [6, 6.07) is 1.80. The van der Waals surface area contributed by atoms with Gasteiger partial charge >= 0.3 is 0 Å². The monoisotopic (exact) mass is 361 g/mol. The molecule has 0 atom stereocenters. The summed E-state index contributed by atoms with van der Waals surface area (Å²) in [6.07, 6.45) is 7.64. The number of piperidine rings is 1. The molecule has 10 nitrogen and oxygen atoms in total. The van der Waals surface area contributed by atoms with Gasteiger partial charge in [0.1, 0.15) is 12.1 Å². The van der Waals surface area contributed by atoms with E-state index in [-0.39, 0.29) is 18.4 Å². The zero-order valence-electron chi connectivity index (χ0n) is 14.7. The highest BCUT2D eigenvalue weighted by molar-refractivity contribution is 5.85. The molecule has 0 spiro atoms. The molecule has 10 heteroatoms. The lowest BCUT2D eigenvalue weighted by Crippen LogP contribution is -2.56. The number of hydrogen-bond acceptors (Lipinski definition) is 6. The number of ether oxygens (including phenoxy) is 1. The van der Waals surface area contributed by atoms with Crippen LogP contribution in [-0.2, 0) is 26.4 Å². The van der Waals surface area contributed by atoms with E-state index in [4.69, 9.17) is 4.74 Å². The molecule has 0 aliphatic carbocycles. The van der Waals surface area contributed by atoms with Crippen molar-refractivity contribution in [1.29, 1.82) is 0 Å². The van der Waals surface area contributed by atoms with E-state index in [2.05, 4.69) is 20.7 Å². The molecule has 2 amide bonds. The Morgan fingerprint density at radius 2 is 2.04 bits per heavy atom. The van der Waals surface area contributed by atoms with Gasteiger partial charge in [-0.25, -0.2) is 4.68 Å². The Morgan fingerprint density at radius 3 is 2.65 bits per heavy atom. The molecule has 3 heterocycles. The molecular formula is C16H23N7O3. The van der Waals surface area contributed by atoms with Crippen LogP contribution in [0.25, 0.3) is 0 Å². The van der Waals surface area contributed by atoms with Gasteiger partial charge < -0.3 is 15.0 Å². The number of nitrogens with zero attached hydrogens (tertiary/aromatic N) is 6. The van der Waals surface area contributed by atoms with E-state index in [9.17, 15) is 9.59 Å². The molecule has 1 saturated heterocycles. The highest BCUT2D eigenvalue weighted by Crippen LogP contribution is 2.30. The second-order valence-electron chi connectivity index (χ2n) is 6.21. The number of nitrogens with one attached hydrogen (secondary N) is 1. The maximum atomic E-state index is 12.9. The molecule has 1 aliphatic heterocycles. The second-order valence-corrected chi connectivity index (χ2v) is 6.21. The third-order valence-electron chi connectivity index (χ3n) is 4.67. The van der Waals surface area contributed by atoms with Crippen LogP contribution >= 0.6 is 0 Å². The highest BCUT2D eigenvalue weighted by atomic mass is 16.5. The summed E-state index contributed by atoms with van der Waals surface area (Å²) in [5.74, 6) is -0.133.